The molecule has 0 unspecified atom stereocenters. The van der Waals surface area contributed by atoms with Crippen LogP contribution in [0.2, 0.25) is 0 Å². The molecule has 6 aromatic rings. The van der Waals surface area contributed by atoms with E-state index in [-0.39, 0.29) is 16.2 Å². The molecule has 9 rings (SSSR count). The minimum absolute atomic E-state index is 0.0930. The number of hydrogen-bond acceptors (Lipinski definition) is 2. The highest BCUT2D eigenvalue weighted by atomic mass is 15.2. The van der Waals surface area contributed by atoms with Crippen LogP contribution in [0, 0.1) is 13.8 Å². The Balaban J connectivity index is 1.39. The summed E-state index contributed by atoms with van der Waals surface area (Å²) in [6, 6.07) is 41.6. The normalized spacial score (nSPS) is 17.0. The predicted octanol–water partition coefficient (Wildman–Crippen LogP) is 12.3. The molecule has 3 heterocycles. The van der Waals surface area contributed by atoms with Crippen molar-refractivity contribution in [2.24, 2.45) is 0 Å². The summed E-state index contributed by atoms with van der Waals surface area (Å²) in [6.07, 6.45) is 0. The molecule has 2 heteroatoms. The van der Waals surface area contributed by atoms with Crippen molar-refractivity contribution in [1.82, 2.24) is 0 Å². The summed E-state index contributed by atoms with van der Waals surface area (Å²) < 4.78 is 0. The van der Waals surface area contributed by atoms with Crippen LogP contribution in [0.1, 0.15) is 86.1 Å². The third kappa shape index (κ3) is 3.67. The molecule has 232 valence electrons. The van der Waals surface area contributed by atoms with Crippen molar-refractivity contribution in [2.45, 2.75) is 71.6 Å². The quantitative estimate of drug-likeness (QED) is 0.197. The Morgan fingerprint density at radius 2 is 0.851 bits per heavy atom. The zero-order chi connectivity index (χ0) is 32.6. The van der Waals surface area contributed by atoms with Gasteiger partial charge in [0.2, 0.25) is 0 Å². The molecule has 3 aliphatic heterocycles. The zero-order valence-corrected chi connectivity index (χ0v) is 28.8. The molecule has 0 aromatic heterocycles. The van der Waals surface area contributed by atoms with Gasteiger partial charge in [-0.1, -0.05) is 114 Å². The van der Waals surface area contributed by atoms with Crippen molar-refractivity contribution in [3.05, 3.63) is 154 Å². The second kappa shape index (κ2) is 9.16. The standard InChI is InChI=1S/C45H42N2/c1-27-21-28(2)23-32(22-27)46(31-20-19-29-13-9-10-14-30(29)24-31)33-25-38-42-39(26-33)45(7,8)37-18-12-16-35-41(37)47(42)40-34(43(35,3)4)15-11-17-36(40)44(38,5)6/h9-26H,1-8H3. The maximum atomic E-state index is 2.66. The Bertz CT molecular complexity index is 2210. The Morgan fingerprint density at radius 3 is 1.38 bits per heavy atom. The van der Waals surface area contributed by atoms with Crippen molar-refractivity contribution in [2.75, 3.05) is 9.80 Å². The Labute approximate surface area is 279 Å². The molecule has 0 aliphatic carbocycles. The molecule has 0 saturated heterocycles. The molecular weight excluding hydrogens is 569 g/mol. The topological polar surface area (TPSA) is 6.48 Å². The van der Waals surface area contributed by atoms with Crippen molar-refractivity contribution >= 4 is 44.9 Å². The van der Waals surface area contributed by atoms with E-state index < -0.39 is 0 Å². The van der Waals surface area contributed by atoms with Gasteiger partial charge in [-0.05, 0) is 106 Å². The first-order valence-corrected chi connectivity index (χ1v) is 17.0. The maximum absolute atomic E-state index is 2.66. The summed E-state index contributed by atoms with van der Waals surface area (Å²) in [5.74, 6) is 0. The molecule has 47 heavy (non-hydrogen) atoms. The third-order valence-corrected chi connectivity index (χ3v) is 11.6. The number of rotatable bonds is 3. The van der Waals surface area contributed by atoms with Crippen LogP contribution in [0.3, 0.4) is 0 Å². The van der Waals surface area contributed by atoms with Gasteiger partial charge >= 0.3 is 0 Å². The van der Waals surface area contributed by atoms with Gasteiger partial charge in [-0.25, -0.2) is 0 Å². The van der Waals surface area contributed by atoms with Crippen molar-refractivity contribution in [3.63, 3.8) is 0 Å². The zero-order valence-electron chi connectivity index (χ0n) is 28.8. The molecule has 0 radical (unpaired) electrons. The molecule has 6 aromatic carbocycles. The van der Waals surface area contributed by atoms with Gasteiger partial charge in [0, 0.05) is 33.3 Å². The van der Waals surface area contributed by atoms with Crippen molar-refractivity contribution in [3.8, 4) is 0 Å². The molecule has 0 N–H and O–H groups in total. The van der Waals surface area contributed by atoms with Gasteiger partial charge in [0.15, 0.2) is 0 Å². The summed E-state index contributed by atoms with van der Waals surface area (Å²) in [7, 11) is 0. The lowest BCUT2D eigenvalue weighted by atomic mass is 9.61. The van der Waals surface area contributed by atoms with Gasteiger partial charge in [0.25, 0.3) is 0 Å². The van der Waals surface area contributed by atoms with Gasteiger partial charge in [-0.3, -0.25) is 0 Å². The van der Waals surface area contributed by atoms with Crippen LogP contribution in [-0.4, -0.2) is 0 Å². The number of fused-ring (bicyclic) bond motifs is 1. The smallest absolute Gasteiger partial charge is 0.0545 e. The van der Waals surface area contributed by atoms with E-state index in [1.165, 1.54) is 89.4 Å². The Hall–Kier alpha value is -4.82. The van der Waals surface area contributed by atoms with Crippen molar-refractivity contribution in [1.29, 1.82) is 0 Å². The molecule has 2 nitrogen and oxygen atoms in total. The number of para-hydroxylation sites is 2. The van der Waals surface area contributed by atoms with Crippen LogP contribution in [0.25, 0.3) is 10.8 Å². The fourth-order valence-corrected chi connectivity index (χ4v) is 9.14. The van der Waals surface area contributed by atoms with Crippen LogP contribution in [0.5, 0.6) is 0 Å². The van der Waals surface area contributed by atoms with E-state index in [1.54, 1.807) is 0 Å². The van der Waals surface area contributed by atoms with Crippen LogP contribution >= 0.6 is 0 Å². The van der Waals surface area contributed by atoms with E-state index in [2.05, 4.69) is 174 Å². The van der Waals surface area contributed by atoms with Crippen LogP contribution in [0.4, 0.5) is 34.1 Å². The predicted molar refractivity (Wildman–Crippen MR) is 199 cm³/mol. The van der Waals surface area contributed by atoms with Gasteiger partial charge in [-0.15, -0.1) is 0 Å². The number of anilines is 6. The van der Waals surface area contributed by atoms with Gasteiger partial charge in [0.1, 0.15) is 0 Å². The lowest BCUT2D eigenvalue weighted by Gasteiger charge is -2.55. The van der Waals surface area contributed by atoms with Crippen LogP contribution < -0.4 is 9.80 Å². The largest absolute Gasteiger partial charge is 0.310 e. The maximum Gasteiger partial charge on any atom is 0.0545 e. The highest BCUT2D eigenvalue weighted by Gasteiger charge is 2.51. The second-order valence-corrected chi connectivity index (χ2v) is 15.7. The molecule has 0 saturated carbocycles. The van der Waals surface area contributed by atoms with Gasteiger partial charge in [0.05, 0.1) is 17.1 Å². The highest BCUT2D eigenvalue weighted by molar-refractivity contribution is 5.99. The average Bonchev–Trinajstić information content (AvgIpc) is 3.03. The molecule has 0 fully saturated rings. The number of benzene rings is 6. The minimum atomic E-state index is -0.199. The monoisotopic (exact) mass is 610 g/mol. The third-order valence-electron chi connectivity index (χ3n) is 11.6. The van der Waals surface area contributed by atoms with Crippen molar-refractivity contribution < 1.29 is 0 Å². The first kappa shape index (κ1) is 28.4. The molecule has 0 bridgehead atoms. The average molecular weight is 611 g/mol. The first-order chi connectivity index (χ1) is 22.4. The molecule has 3 aliphatic rings. The number of hydrogen-bond donors (Lipinski definition) is 0. The Morgan fingerprint density at radius 1 is 0.404 bits per heavy atom. The molecule has 0 atom stereocenters. The van der Waals surface area contributed by atoms with E-state index >= 15 is 0 Å². The molecule has 0 amide bonds. The Kier molecular flexibility index (Phi) is 5.54. The molecular formula is C45H42N2. The van der Waals surface area contributed by atoms with E-state index in [0.717, 1.165) is 0 Å². The number of aryl methyl sites for hydroxylation is 2. The van der Waals surface area contributed by atoms with E-state index in [1.807, 2.05) is 0 Å². The van der Waals surface area contributed by atoms with Crippen LogP contribution in [0.15, 0.2) is 109 Å². The lowest BCUT2D eigenvalue weighted by Crippen LogP contribution is -2.43. The SMILES string of the molecule is Cc1cc(C)cc(N(c2cc3c4c(c2)C(C)(C)c2cccc5c2N4c2c(cccc2C3(C)C)C5(C)C)c2ccc3ccccc3c2)c1. The first-order valence-electron chi connectivity index (χ1n) is 17.0. The summed E-state index contributed by atoms with van der Waals surface area (Å²) >= 11 is 0. The number of nitrogens with zero attached hydrogens (tertiary/aromatic N) is 2. The van der Waals surface area contributed by atoms with E-state index in [9.17, 15) is 0 Å². The summed E-state index contributed by atoms with van der Waals surface area (Å²) in [4.78, 5) is 5.15. The molecule has 0 spiro atoms. The van der Waals surface area contributed by atoms with E-state index in [0.29, 0.717) is 0 Å². The summed E-state index contributed by atoms with van der Waals surface area (Å²) in [6.45, 7) is 19.0. The summed E-state index contributed by atoms with van der Waals surface area (Å²) in [5, 5.41) is 2.51. The lowest BCUT2D eigenvalue weighted by molar-refractivity contribution is 0.566. The second-order valence-electron chi connectivity index (χ2n) is 15.7. The summed E-state index contributed by atoms with van der Waals surface area (Å²) in [5.41, 5.74) is 18.2. The van der Waals surface area contributed by atoms with Crippen LogP contribution in [-0.2, 0) is 16.2 Å². The fourth-order valence-electron chi connectivity index (χ4n) is 9.14. The highest BCUT2D eigenvalue weighted by Crippen LogP contribution is 2.66. The fraction of sp³-hybridized carbons (Fsp3) is 0.244. The van der Waals surface area contributed by atoms with Gasteiger partial charge in [-0.2, -0.15) is 0 Å². The van der Waals surface area contributed by atoms with E-state index in [4.69, 9.17) is 0 Å². The van der Waals surface area contributed by atoms with Gasteiger partial charge < -0.3 is 9.80 Å². The minimum Gasteiger partial charge on any atom is -0.310 e.